The van der Waals surface area contributed by atoms with Crippen molar-refractivity contribution in [2.75, 3.05) is 6.61 Å². The summed E-state index contributed by atoms with van der Waals surface area (Å²) in [6, 6.07) is 9.98. The minimum Gasteiger partial charge on any atom is -0.396 e. The molecule has 0 atom stereocenters. The normalized spacial score (nSPS) is 9.61. The van der Waals surface area contributed by atoms with Crippen LogP contribution in [0.4, 0.5) is 0 Å². The quantitative estimate of drug-likeness (QED) is 0.843. The van der Waals surface area contributed by atoms with Gasteiger partial charge in [-0.2, -0.15) is 0 Å². The number of aryl methyl sites for hydroxylation is 3. The van der Waals surface area contributed by atoms with Crippen LogP contribution < -0.4 is 0 Å². The van der Waals surface area contributed by atoms with E-state index in [1.54, 1.807) is 6.20 Å². The van der Waals surface area contributed by atoms with Crippen LogP contribution >= 0.6 is 0 Å². The molecule has 126 valence electrons. The van der Waals surface area contributed by atoms with E-state index in [-0.39, 0.29) is 6.61 Å². The molecule has 2 aromatic rings. The van der Waals surface area contributed by atoms with Crippen LogP contribution in [0.3, 0.4) is 0 Å². The van der Waals surface area contributed by atoms with Crippen molar-refractivity contribution in [1.29, 1.82) is 0 Å². The molecule has 0 unspecified atom stereocenters. The summed E-state index contributed by atoms with van der Waals surface area (Å²) < 4.78 is 0. The lowest BCUT2D eigenvalue weighted by Crippen LogP contribution is -1.91. The first-order chi connectivity index (χ1) is 11.2. The standard InChI is InChI=1S/C8H11NO.C8H11N.C4H8/c10-7-3-5-8-4-1-2-6-9-8;1-3-8-4-5-9-7(2)6-8;1-3-4-2/h1-2,4,6,10H,3,5,7H2;4-6H,3H2,1-2H3;3-4H,1-2H3. The van der Waals surface area contributed by atoms with Crippen molar-refractivity contribution in [1.82, 2.24) is 9.97 Å². The van der Waals surface area contributed by atoms with Gasteiger partial charge in [-0.15, -0.1) is 0 Å². The van der Waals surface area contributed by atoms with Gasteiger partial charge in [0.15, 0.2) is 0 Å². The first-order valence-corrected chi connectivity index (χ1v) is 8.17. The Morgan fingerprint density at radius 3 is 2.22 bits per heavy atom. The van der Waals surface area contributed by atoms with Gasteiger partial charge >= 0.3 is 0 Å². The second-order valence-electron chi connectivity index (χ2n) is 4.97. The fourth-order valence-electron chi connectivity index (χ4n) is 1.63. The molecule has 0 aliphatic rings. The molecule has 0 spiro atoms. The molecule has 0 radical (unpaired) electrons. The summed E-state index contributed by atoms with van der Waals surface area (Å²) in [6.07, 6.45) is 10.4. The Hall–Kier alpha value is -2.00. The van der Waals surface area contributed by atoms with E-state index in [0.29, 0.717) is 0 Å². The highest BCUT2D eigenvalue weighted by Crippen LogP contribution is 1.99. The van der Waals surface area contributed by atoms with Gasteiger partial charge in [-0.25, -0.2) is 0 Å². The number of aliphatic hydroxyl groups excluding tert-OH is 1. The molecule has 0 aliphatic carbocycles. The second-order valence-corrected chi connectivity index (χ2v) is 4.97. The molecule has 3 heteroatoms. The summed E-state index contributed by atoms with van der Waals surface area (Å²) >= 11 is 0. The molecular weight excluding hydrogens is 284 g/mol. The maximum atomic E-state index is 8.50. The predicted octanol–water partition coefficient (Wildman–Crippen LogP) is 4.54. The molecule has 2 heterocycles. The van der Waals surface area contributed by atoms with Crippen LogP contribution in [0.2, 0.25) is 0 Å². The molecule has 23 heavy (non-hydrogen) atoms. The van der Waals surface area contributed by atoms with E-state index in [0.717, 1.165) is 30.7 Å². The molecular formula is C20H30N2O. The number of hydrogen-bond acceptors (Lipinski definition) is 3. The van der Waals surface area contributed by atoms with E-state index in [9.17, 15) is 0 Å². The van der Waals surface area contributed by atoms with Crippen LogP contribution in [0.5, 0.6) is 0 Å². The summed E-state index contributed by atoms with van der Waals surface area (Å²) in [5, 5.41) is 8.50. The van der Waals surface area contributed by atoms with E-state index >= 15 is 0 Å². The highest BCUT2D eigenvalue weighted by molar-refractivity contribution is 5.14. The van der Waals surface area contributed by atoms with Crippen molar-refractivity contribution < 1.29 is 5.11 Å². The fourth-order valence-corrected chi connectivity index (χ4v) is 1.63. The van der Waals surface area contributed by atoms with Crippen LogP contribution in [-0.2, 0) is 12.8 Å². The van der Waals surface area contributed by atoms with Crippen molar-refractivity contribution in [3.05, 3.63) is 71.8 Å². The van der Waals surface area contributed by atoms with Gasteiger partial charge in [0.25, 0.3) is 0 Å². The fraction of sp³-hybridized carbons (Fsp3) is 0.400. The monoisotopic (exact) mass is 314 g/mol. The molecule has 0 saturated heterocycles. The molecule has 0 saturated carbocycles. The topological polar surface area (TPSA) is 46.0 Å². The Labute approximate surface area is 141 Å². The smallest absolute Gasteiger partial charge is 0.0434 e. The van der Waals surface area contributed by atoms with Crippen LogP contribution in [0, 0.1) is 6.92 Å². The first kappa shape index (κ1) is 21.0. The minimum atomic E-state index is 0.247. The Kier molecular flexibility index (Phi) is 13.6. The van der Waals surface area contributed by atoms with Gasteiger partial charge in [0.2, 0.25) is 0 Å². The van der Waals surface area contributed by atoms with Gasteiger partial charge in [0.1, 0.15) is 0 Å². The number of aliphatic hydroxyl groups is 1. The number of aromatic nitrogens is 2. The highest BCUT2D eigenvalue weighted by atomic mass is 16.2. The number of allylic oxidation sites excluding steroid dienone is 2. The number of pyridine rings is 2. The number of nitrogens with zero attached hydrogens (tertiary/aromatic N) is 2. The largest absolute Gasteiger partial charge is 0.396 e. The molecule has 0 aliphatic heterocycles. The Morgan fingerprint density at radius 2 is 1.78 bits per heavy atom. The number of rotatable bonds is 4. The average molecular weight is 314 g/mol. The van der Waals surface area contributed by atoms with Crippen molar-refractivity contribution in [3.63, 3.8) is 0 Å². The maximum absolute atomic E-state index is 8.50. The molecule has 0 aromatic carbocycles. The zero-order valence-corrected chi connectivity index (χ0v) is 14.9. The molecule has 0 bridgehead atoms. The summed E-state index contributed by atoms with van der Waals surface area (Å²) in [5.74, 6) is 0. The van der Waals surface area contributed by atoms with Crippen molar-refractivity contribution >= 4 is 0 Å². The van der Waals surface area contributed by atoms with E-state index in [2.05, 4.69) is 23.0 Å². The van der Waals surface area contributed by atoms with Gasteiger partial charge in [-0.05, 0) is 69.9 Å². The zero-order valence-electron chi connectivity index (χ0n) is 14.9. The van der Waals surface area contributed by atoms with Crippen LogP contribution in [-0.4, -0.2) is 21.7 Å². The SMILES string of the molecule is CC=CC.CCc1ccnc(C)c1.OCCCc1ccccn1. The van der Waals surface area contributed by atoms with Gasteiger partial charge in [0.05, 0.1) is 0 Å². The van der Waals surface area contributed by atoms with Crippen LogP contribution in [0.1, 0.15) is 44.1 Å². The van der Waals surface area contributed by atoms with Crippen molar-refractivity contribution in [2.24, 2.45) is 0 Å². The average Bonchev–Trinajstić information content (AvgIpc) is 2.61. The van der Waals surface area contributed by atoms with Crippen molar-refractivity contribution in [2.45, 2.75) is 47.0 Å². The number of hydrogen-bond donors (Lipinski definition) is 1. The molecule has 0 amide bonds. The maximum Gasteiger partial charge on any atom is 0.0434 e. The molecule has 1 N–H and O–H groups in total. The predicted molar refractivity (Wildman–Crippen MR) is 98.5 cm³/mol. The van der Waals surface area contributed by atoms with Gasteiger partial charge in [-0.3, -0.25) is 9.97 Å². The van der Waals surface area contributed by atoms with Gasteiger partial charge in [-0.1, -0.05) is 25.1 Å². The third-order valence-corrected chi connectivity index (χ3v) is 3.02. The third kappa shape index (κ3) is 12.2. The lowest BCUT2D eigenvalue weighted by atomic mass is 10.2. The summed E-state index contributed by atoms with van der Waals surface area (Å²) in [7, 11) is 0. The van der Waals surface area contributed by atoms with E-state index in [4.69, 9.17) is 5.11 Å². The van der Waals surface area contributed by atoms with Crippen LogP contribution in [0.15, 0.2) is 54.9 Å². The Morgan fingerprint density at radius 1 is 1.04 bits per heavy atom. The summed E-state index contributed by atoms with van der Waals surface area (Å²) in [6.45, 7) is 8.41. The molecule has 3 nitrogen and oxygen atoms in total. The summed E-state index contributed by atoms with van der Waals surface area (Å²) in [4.78, 5) is 8.19. The Balaban J connectivity index is 0.000000345. The zero-order chi connectivity index (χ0) is 17.3. The molecule has 2 aromatic heterocycles. The van der Waals surface area contributed by atoms with Gasteiger partial charge < -0.3 is 5.11 Å². The van der Waals surface area contributed by atoms with Crippen molar-refractivity contribution in [3.8, 4) is 0 Å². The second kappa shape index (κ2) is 14.9. The summed E-state index contributed by atoms with van der Waals surface area (Å²) in [5.41, 5.74) is 3.52. The van der Waals surface area contributed by atoms with Gasteiger partial charge in [0, 0.05) is 30.4 Å². The third-order valence-electron chi connectivity index (χ3n) is 3.02. The first-order valence-electron chi connectivity index (χ1n) is 8.17. The van der Waals surface area contributed by atoms with Crippen LogP contribution in [0.25, 0.3) is 0 Å². The lowest BCUT2D eigenvalue weighted by Gasteiger charge is -1.95. The van der Waals surface area contributed by atoms with E-state index in [1.165, 1.54) is 5.56 Å². The Bertz CT molecular complexity index is 520. The van der Waals surface area contributed by atoms with E-state index < -0.39 is 0 Å². The van der Waals surface area contributed by atoms with E-state index in [1.807, 2.05) is 63.4 Å². The molecule has 2 rings (SSSR count). The lowest BCUT2D eigenvalue weighted by molar-refractivity contribution is 0.288. The highest BCUT2D eigenvalue weighted by Gasteiger charge is 1.89. The molecule has 0 fully saturated rings. The minimum absolute atomic E-state index is 0.247.